The molecule has 0 radical (unpaired) electrons. The first-order valence-electron chi connectivity index (χ1n) is 13.3. The van der Waals surface area contributed by atoms with Gasteiger partial charge in [-0.05, 0) is 68.2 Å². The van der Waals surface area contributed by atoms with Crippen LogP contribution in [0.15, 0.2) is 47.3 Å². The minimum absolute atomic E-state index is 0.146. The lowest BCUT2D eigenvalue weighted by atomic mass is 9.77. The van der Waals surface area contributed by atoms with Crippen molar-refractivity contribution in [3.63, 3.8) is 0 Å². The third-order valence-corrected chi connectivity index (χ3v) is 7.51. The lowest BCUT2D eigenvalue weighted by Crippen LogP contribution is -2.39. The number of piperidine rings is 1. The molecule has 3 atom stereocenters. The molecule has 1 saturated heterocycles. The van der Waals surface area contributed by atoms with Gasteiger partial charge in [-0.1, -0.05) is 12.8 Å². The fourth-order valence-corrected chi connectivity index (χ4v) is 5.68. The molecule has 1 N–H and O–H groups in total. The molecule has 0 bridgehead atoms. The number of oxazole rings is 1. The Morgan fingerprint density at radius 1 is 0.900 bits per heavy atom. The van der Waals surface area contributed by atoms with Crippen LogP contribution < -0.4 is 15.0 Å². The van der Waals surface area contributed by atoms with Gasteiger partial charge in [0.05, 0.1) is 24.3 Å². The SMILES string of the molecule is FC(F)(F)Oc1ccc(-c2cnc(N[C@@H]3CCCC[C@H]3C[C@H]3CCCN(c4cnc(C(F)(F)F)nc4)C3)o2)cc1. The number of nitrogens with one attached hydrogen (secondary N) is 1. The van der Waals surface area contributed by atoms with E-state index >= 15 is 0 Å². The molecule has 1 saturated carbocycles. The number of ether oxygens (including phenoxy) is 1. The molecule has 1 aliphatic carbocycles. The minimum atomic E-state index is -4.76. The monoisotopic (exact) mass is 569 g/mol. The van der Waals surface area contributed by atoms with Crippen molar-refractivity contribution in [1.82, 2.24) is 15.0 Å². The van der Waals surface area contributed by atoms with Gasteiger partial charge in [-0.3, -0.25) is 0 Å². The summed E-state index contributed by atoms with van der Waals surface area (Å²) in [6.07, 6.45) is 1.85. The Balaban J connectivity index is 1.19. The van der Waals surface area contributed by atoms with Gasteiger partial charge in [0.2, 0.25) is 5.82 Å². The van der Waals surface area contributed by atoms with Gasteiger partial charge in [0.15, 0.2) is 5.76 Å². The molecular formula is C27H29F6N5O2. The van der Waals surface area contributed by atoms with Crippen molar-refractivity contribution in [2.75, 3.05) is 23.3 Å². The van der Waals surface area contributed by atoms with E-state index in [0.29, 0.717) is 34.9 Å². The minimum Gasteiger partial charge on any atom is -0.424 e. The number of anilines is 2. The van der Waals surface area contributed by atoms with E-state index in [1.54, 1.807) is 0 Å². The van der Waals surface area contributed by atoms with Crippen molar-refractivity contribution in [2.45, 2.75) is 63.5 Å². The number of rotatable bonds is 7. The highest BCUT2D eigenvalue weighted by molar-refractivity contribution is 5.58. The molecule has 3 heterocycles. The molecular weight excluding hydrogens is 540 g/mol. The standard InChI is InChI=1S/C27H29F6N5O2/c28-26(29,30)24-34-13-20(14-35-24)38-11-3-4-17(16-38)12-19-5-1-2-6-22(19)37-25-36-15-23(39-25)18-7-9-21(10-8-18)40-27(31,32)33/h7-10,13-15,17,19,22H,1-6,11-12,16H2,(H,36,37)/t17-,19+,22-/m1/s1. The number of nitrogens with zero attached hydrogens (tertiary/aromatic N) is 4. The Labute approximate surface area is 227 Å². The average Bonchev–Trinajstić information content (AvgIpc) is 3.38. The molecule has 2 aromatic heterocycles. The van der Waals surface area contributed by atoms with Crippen LogP contribution in [0.1, 0.15) is 50.8 Å². The predicted molar refractivity (Wildman–Crippen MR) is 135 cm³/mol. The highest BCUT2D eigenvalue weighted by Gasteiger charge is 2.35. The molecule has 216 valence electrons. The maximum absolute atomic E-state index is 12.8. The van der Waals surface area contributed by atoms with Gasteiger partial charge < -0.3 is 19.4 Å². The largest absolute Gasteiger partial charge is 0.573 e. The van der Waals surface area contributed by atoms with Crippen molar-refractivity contribution >= 4 is 11.7 Å². The zero-order chi connectivity index (χ0) is 28.3. The summed E-state index contributed by atoms with van der Waals surface area (Å²) >= 11 is 0. The Morgan fingerprint density at radius 3 is 2.33 bits per heavy atom. The quantitative estimate of drug-likeness (QED) is 0.299. The molecule has 2 aliphatic rings. The topological polar surface area (TPSA) is 76.3 Å². The van der Waals surface area contributed by atoms with Crippen molar-refractivity contribution in [3.05, 3.63) is 48.7 Å². The normalized spacial score (nSPS) is 22.2. The molecule has 0 spiro atoms. The van der Waals surface area contributed by atoms with Crippen LogP contribution in [0.5, 0.6) is 5.75 Å². The Kier molecular flexibility index (Phi) is 8.09. The van der Waals surface area contributed by atoms with Gasteiger partial charge in [0.1, 0.15) is 5.75 Å². The molecule has 2 fully saturated rings. The molecule has 0 unspecified atom stereocenters. The van der Waals surface area contributed by atoms with Crippen LogP contribution in [0.3, 0.4) is 0 Å². The molecule has 5 rings (SSSR count). The van der Waals surface area contributed by atoms with E-state index in [1.165, 1.54) is 42.9 Å². The van der Waals surface area contributed by atoms with Gasteiger partial charge in [-0.2, -0.15) is 13.2 Å². The Bertz CT molecular complexity index is 1250. The summed E-state index contributed by atoms with van der Waals surface area (Å²) in [4.78, 5) is 13.4. The zero-order valence-corrected chi connectivity index (χ0v) is 21.5. The van der Waals surface area contributed by atoms with Crippen LogP contribution in [-0.4, -0.2) is 40.4 Å². The Hall–Kier alpha value is -3.51. The van der Waals surface area contributed by atoms with Crippen LogP contribution in [0, 0.1) is 11.8 Å². The maximum Gasteiger partial charge on any atom is 0.573 e. The van der Waals surface area contributed by atoms with Crippen molar-refractivity contribution in [1.29, 1.82) is 0 Å². The number of hydrogen-bond acceptors (Lipinski definition) is 7. The summed E-state index contributed by atoms with van der Waals surface area (Å²) in [5, 5.41) is 3.42. The first-order chi connectivity index (χ1) is 19.0. The summed E-state index contributed by atoms with van der Waals surface area (Å²) in [6.45, 7) is 1.48. The highest BCUT2D eigenvalue weighted by Crippen LogP contribution is 2.36. The summed E-state index contributed by atoms with van der Waals surface area (Å²) in [6, 6.07) is 5.90. The molecule has 13 heteroatoms. The zero-order valence-electron chi connectivity index (χ0n) is 21.5. The van der Waals surface area contributed by atoms with Gasteiger partial charge in [0, 0.05) is 24.7 Å². The fourth-order valence-electron chi connectivity index (χ4n) is 5.68. The second kappa shape index (κ2) is 11.5. The first kappa shape index (κ1) is 28.0. The summed E-state index contributed by atoms with van der Waals surface area (Å²) < 4.78 is 85.5. The summed E-state index contributed by atoms with van der Waals surface area (Å²) in [5.74, 6) is -0.276. The lowest BCUT2D eigenvalue weighted by Gasteiger charge is -2.38. The lowest BCUT2D eigenvalue weighted by molar-refractivity contribution is -0.274. The van der Waals surface area contributed by atoms with Crippen LogP contribution >= 0.6 is 0 Å². The summed E-state index contributed by atoms with van der Waals surface area (Å²) in [7, 11) is 0. The van der Waals surface area contributed by atoms with E-state index in [-0.39, 0.29) is 11.8 Å². The summed E-state index contributed by atoms with van der Waals surface area (Å²) in [5.41, 5.74) is 1.17. The van der Waals surface area contributed by atoms with Gasteiger partial charge in [0.25, 0.3) is 6.01 Å². The van der Waals surface area contributed by atoms with E-state index in [2.05, 4.69) is 29.9 Å². The number of halogens is 6. The van der Waals surface area contributed by atoms with Crippen molar-refractivity contribution in [2.24, 2.45) is 11.8 Å². The number of benzene rings is 1. The van der Waals surface area contributed by atoms with Crippen molar-refractivity contribution < 1.29 is 35.5 Å². The van der Waals surface area contributed by atoms with Crippen LogP contribution in [0.4, 0.5) is 38.0 Å². The second-order valence-corrected chi connectivity index (χ2v) is 10.3. The molecule has 7 nitrogen and oxygen atoms in total. The van der Waals surface area contributed by atoms with Crippen LogP contribution in [0.2, 0.25) is 0 Å². The van der Waals surface area contributed by atoms with E-state index in [4.69, 9.17) is 4.42 Å². The maximum atomic E-state index is 12.8. The predicted octanol–water partition coefficient (Wildman–Crippen LogP) is 7.33. The van der Waals surface area contributed by atoms with Gasteiger partial charge in [-0.15, -0.1) is 13.2 Å². The van der Waals surface area contributed by atoms with Crippen LogP contribution in [0.25, 0.3) is 11.3 Å². The van der Waals surface area contributed by atoms with E-state index in [1.807, 2.05) is 0 Å². The first-order valence-corrected chi connectivity index (χ1v) is 13.3. The molecule has 40 heavy (non-hydrogen) atoms. The Morgan fingerprint density at radius 2 is 1.62 bits per heavy atom. The molecule has 1 aliphatic heterocycles. The molecule has 3 aromatic rings. The third kappa shape index (κ3) is 7.16. The second-order valence-electron chi connectivity index (χ2n) is 10.3. The average molecular weight is 570 g/mol. The molecule has 0 amide bonds. The van der Waals surface area contributed by atoms with E-state index in [9.17, 15) is 26.3 Å². The third-order valence-electron chi connectivity index (χ3n) is 7.51. The van der Waals surface area contributed by atoms with Gasteiger partial charge in [-0.25, -0.2) is 15.0 Å². The number of aromatic nitrogens is 3. The van der Waals surface area contributed by atoms with E-state index < -0.39 is 18.4 Å². The van der Waals surface area contributed by atoms with E-state index in [0.717, 1.165) is 58.0 Å². The molecule has 1 aromatic carbocycles. The van der Waals surface area contributed by atoms with Crippen molar-refractivity contribution in [3.8, 4) is 17.1 Å². The van der Waals surface area contributed by atoms with Gasteiger partial charge >= 0.3 is 12.5 Å². The number of alkyl halides is 6. The number of hydrogen-bond donors (Lipinski definition) is 1. The fraction of sp³-hybridized carbons (Fsp3) is 0.519. The van der Waals surface area contributed by atoms with Crippen LogP contribution in [-0.2, 0) is 6.18 Å². The smallest absolute Gasteiger partial charge is 0.424 e. The highest BCUT2D eigenvalue weighted by atomic mass is 19.4.